The lowest BCUT2D eigenvalue weighted by molar-refractivity contribution is -0.107. The van der Waals surface area contributed by atoms with Crippen LogP contribution in [0.25, 0.3) is 0 Å². The first kappa shape index (κ1) is 9.70. The first-order chi connectivity index (χ1) is 5.54. The Kier molecular flexibility index (Phi) is 2.87. The highest BCUT2D eigenvalue weighted by Crippen LogP contribution is 2.22. The summed E-state index contributed by atoms with van der Waals surface area (Å²) in [5, 5.41) is -0.698. The van der Waals surface area contributed by atoms with Crippen LogP contribution in [0, 0.1) is 0 Å². The van der Waals surface area contributed by atoms with E-state index < -0.39 is 24.0 Å². The van der Waals surface area contributed by atoms with E-state index in [1.54, 1.807) is 13.0 Å². The van der Waals surface area contributed by atoms with Crippen molar-refractivity contribution >= 4 is 35.6 Å². The van der Waals surface area contributed by atoms with Crippen molar-refractivity contribution in [3.05, 3.63) is 22.0 Å². The summed E-state index contributed by atoms with van der Waals surface area (Å²) in [6.45, 7) is 1.66. The van der Waals surface area contributed by atoms with Crippen LogP contribution in [0.1, 0.15) is 6.92 Å². The molecule has 0 radical (unpaired) electrons. The van der Waals surface area contributed by atoms with Crippen molar-refractivity contribution in [3.63, 3.8) is 0 Å². The Morgan fingerprint density at radius 2 is 2.08 bits per heavy atom. The molecule has 0 N–H and O–H groups in total. The molecule has 0 bridgehead atoms. The molecule has 12 heavy (non-hydrogen) atoms. The standard InChI is InChI=1S/C6H5ClO3S2/c1-4-2-3-5(6(7)8)11(4)12(9)10/h2-3H,1H3. The van der Waals surface area contributed by atoms with Crippen LogP contribution < -0.4 is 0 Å². The fourth-order valence-electron chi connectivity index (χ4n) is 0.809. The zero-order valence-corrected chi connectivity index (χ0v) is 8.46. The number of carbonyl (C=O) groups excluding carboxylic acids is 1. The molecule has 0 aromatic carbocycles. The topological polar surface area (TPSA) is 51.2 Å². The molecule has 3 nitrogen and oxygen atoms in total. The largest absolute Gasteiger partial charge is 0.275 e. The van der Waals surface area contributed by atoms with Crippen LogP contribution in [0.5, 0.6) is 0 Å². The van der Waals surface area contributed by atoms with E-state index >= 15 is 0 Å². The van der Waals surface area contributed by atoms with Gasteiger partial charge in [-0.2, -0.15) is 8.42 Å². The van der Waals surface area contributed by atoms with Crippen LogP contribution in [-0.4, -0.2) is 13.7 Å². The Hall–Kier alpha value is -0.390. The summed E-state index contributed by atoms with van der Waals surface area (Å²) in [5.41, 5.74) is 0. The number of hydrogen-bond acceptors (Lipinski definition) is 3. The van der Waals surface area contributed by atoms with Crippen molar-refractivity contribution in [2.45, 2.75) is 6.92 Å². The Morgan fingerprint density at radius 3 is 2.42 bits per heavy atom. The quantitative estimate of drug-likeness (QED) is 0.624. The molecular formula is C6H5ClO3S2. The van der Waals surface area contributed by atoms with Gasteiger partial charge in [-0.3, -0.25) is 4.79 Å². The fraction of sp³-hybridized carbons (Fsp3) is 0.167. The molecule has 0 saturated carbocycles. The average Bonchev–Trinajstić information content (AvgIpc) is 2.30. The summed E-state index contributed by atoms with van der Waals surface area (Å²) in [6.07, 6.45) is 3.04. The summed E-state index contributed by atoms with van der Waals surface area (Å²) in [6, 6.07) is 0. The van der Waals surface area contributed by atoms with Crippen molar-refractivity contribution in [2.75, 3.05) is 0 Å². The summed E-state index contributed by atoms with van der Waals surface area (Å²) in [7, 11) is -3.42. The van der Waals surface area contributed by atoms with Gasteiger partial charge in [-0.25, -0.2) is 0 Å². The molecule has 6 heteroatoms. The number of rotatable bonds is 1. The van der Waals surface area contributed by atoms with Crippen LogP contribution in [0.2, 0.25) is 0 Å². The van der Waals surface area contributed by atoms with E-state index in [9.17, 15) is 13.2 Å². The van der Waals surface area contributed by atoms with Crippen LogP contribution in [-0.2, 0) is 23.5 Å². The SMILES string of the molecule is CC1=CC=C(C(=O)Cl)S1=S(=O)=O. The molecule has 0 aliphatic carbocycles. The molecule has 0 spiro atoms. The molecule has 1 aliphatic rings. The van der Waals surface area contributed by atoms with E-state index in [-0.39, 0.29) is 4.91 Å². The molecular weight excluding hydrogens is 220 g/mol. The van der Waals surface area contributed by atoms with Gasteiger partial charge in [0.25, 0.3) is 5.24 Å². The lowest BCUT2D eigenvalue weighted by atomic mass is 10.5. The van der Waals surface area contributed by atoms with Gasteiger partial charge in [-0.05, 0) is 39.0 Å². The molecule has 0 fully saturated rings. The number of allylic oxidation sites excluding steroid dienone is 4. The number of hydrogen-bond donors (Lipinski definition) is 0. The minimum atomic E-state index is -2.29. The zero-order chi connectivity index (χ0) is 9.30. The van der Waals surface area contributed by atoms with Gasteiger partial charge < -0.3 is 0 Å². The molecule has 1 aliphatic heterocycles. The monoisotopic (exact) mass is 224 g/mol. The highest BCUT2D eigenvalue weighted by atomic mass is 35.5. The van der Waals surface area contributed by atoms with Gasteiger partial charge in [-0.1, -0.05) is 6.08 Å². The first-order valence-electron chi connectivity index (χ1n) is 2.96. The van der Waals surface area contributed by atoms with E-state index in [1.807, 2.05) is 0 Å². The van der Waals surface area contributed by atoms with Gasteiger partial charge in [-0.15, -0.1) is 0 Å². The van der Waals surface area contributed by atoms with Crippen molar-refractivity contribution in [2.24, 2.45) is 0 Å². The third-order valence-electron chi connectivity index (χ3n) is 1.29. The van der Waals surface area contributed by atoms with Crippen LogP contribution >= 0.6 is 11.6 Å². The highest BCUT2D eigenvalue weighted by molar-refractivity contribution is 8.38. The molecule has 1 heterocycles. The number of carbonyl (C=O) groups is 1. The van der Waals surface area contributed by atoms with E-state index in [0.29, 0.717) is 4.91 Å². The molecule has 1 rings (SSSR count). The second kappa shape index (κ2) is 3.55. The Balaban J connectivity index is 3.34. The van der Waals surface area contributed by atoms with Gasteiger partial charge in [0.1, 0.15) is 0 Å². The zero-order valence-electron chi connectivity index (χ0n) is 6.07. The predicted molar refractivity (Wildman–Crippen MR) is 49.0 cm³/mol. The third-order valence-corrected chi connectivity index (χ3v) is 5.46. The smallest absolute Gasteiger partial charge is 0.259 e. The molecule has 66 valence electrons. The van der Waals surface area contributed by atoms with Crippen LogP contribution in [0.4, 0.5) is 0 Å². The second-order valence-electron chi connectivity index (χ2n) is 2.05. The molecule has 0 aromatic heterocycles. The minimum absolute atomic E-state index is 0.155. The van der Waals surface area contributed by atoms with Crippen molar-refractivity contribution in [1.29, 1.82) is 0 Å². The second-order valence-corrected chi connectivity index (χ2v) is 6.24. The first-order valence-corrected chi connectivity index (χ1v) is 6.16. The third kappa shape index (κ3) is 1.68. The predicted octanol–water partition coefficient (Wildman–Crippen LogP) is 0.966. The van der Waals surface area contributed by atoms with E-state index in [2.05, 4.69) is 0 Å². The van der Waals surface area contributed by atoms with Crippen molar-refractivity contribution in [1.82, 2.24) is 0 Å². The molecule has 1 atom stereocenters. The Labute approximate surface area is 77.8 Å². The van der Waals surface area contributed by atoms with Gasteiger partial charge >= 0.3 is 0 Å². The minimum Gasteiger partial charge on any atom is -0.275 e. The van der Waals surface area contributed by atoms with Gasteiger partial charge in [0.05, 0.1) is 4.91 Å². The fourth-order valence-corrected chi connectivity index (χ4v) is 4.12. The number of halogens is 1. The maximum absolute atomic E-state index is 10.7. The maximum Gasteiger partial charge on any atom is 0.259 e. The normalized spacial score (nSPS) is 21.7. The van der Waals surface area contributed by atoms with Crippen LogP contribution in [0.3, 0.4) is 0 Å². The Bertz CT molecular complexity index is 420. The molecule has 0 saturated heterocycles. The molecule has 0 aromatic rings. The van der Waals surface area contributed by atoms with Gasteiger partial charge in [0, 0.05) is 0 Å². The van der Waals surface area contributed by atoms with E-state index in [1.165, 1.54) is 6.08 Å². The van der Waals surface area contributed by atoms with E-state index in [0.717, 1.165) is 0 Å². The summed E-state index contributed by atoms with van der Waals surface area (Å²) >= 11 is 5.18. The van der Waals surface area contributed by atoms with Crippen molar-refractivity contribution < 1.29 is 13.2 Å². The molecule has 0 amide bonds. The van der Waals surface area contributed by atoms with E-state index in [4.69, 9.17) is 11.6 Å². The lowest BCUT2D eigenvalue weighted by Crippen LogP contribution is -1.99. The van der Waals surface area contributed by atoms with Gasteiger partial charge in [0.15, 0.2) is 0 Å². The average molecular weight is 225 g/mol. The maximum atomic E-state index is 10.7. The lowest BCUT2D eigenvalue weighted by Gasteiger charge is -1.96. The highest BCUT2D eigenvalue weighted by Gasteiger charge is 2.19. The summed E-state index contributed by atoms with van der Waals surface area (Å²) in [4.78, 5) is 11.5. The van der Waals surface area contributed by atoms with Crippen LogP contribution in [0.15, 0.2) is 22.0 Å². The summed E-state index contributed by atoms with van der Waals surface area (Å²) in [5.74, 6) is 0. The Morgan fingerprint density at radius 1 is 1.50 bits per heavy atom. The van der Waals surface area contributed by atoms with Gasteiger partial charge in [0.2, 0.25) is 9.26 Å². The summed E-state index contributed by atoms with van der Waals surface area (Å²) < 4.78 is 21.3. The van der Waals surface area contributed by atoms with Crippen molar-refractivity contribution in [3.8, 4) is 0 Å². The molecule has 1 unspecified atom stereocenters.